The molecule has 1 atom stereocenters. The Bertz CT molecular complexity index is 1060. The number of ketones is 1. The zero-order valence-corrected chi connectivity index (χ0v) is 16.2. The second-order valence-corrected chi connectivity index (χ2v) is 6.84. The number of amides is 1. The van der Waals surface area contributed by atoms with Crippen molar-refractivity contribution < 1.29 is 24.4 Å². The van der Waals surface area contributed by atoms with Crippen LogP contribution in [0.5, 0.6) is 5.75 Å². The molecule has 2 aromatic carbocycles. The molecule has 0 fully saturated rings. The summed E-state index contributed by atoms with van der Waals surface area (Å²) in [5.74, 6) is -1.27. The van der Waals surface area contributed by atoms with Crippen LogP contribution in [0.2, 0.25) is 0 Å². The van der Waals surface area contributed by atoms with Crippen LogP contribution < -0.4 is 9.64 Å². The molecular formula is C21H19N3O6. The van der Waals surface area contributed by atoms with Crippen molar-refractivity contribution in [1.82, 2.24) is 0 Å². The first-order valence-electron chi connectivity index (χ1n) is 9.20. The topological polar surface area (TPSA) is 134 Å². The Morgan fingerprint density at radius 3 is 2.73 bits per heavy atom. The van der Waals surface area contributed by atoms with Crippen LogP contribution in [0.15, 0.2) is 42.5 Å². The van der Waals surface area contributed by atoms with Crippen LogP contribution in [-0.2, 0) is 10.4 Å². The first-order chi connectivity index (χ1) is 14.3. The number of unbranched alkanes of at least 4 members (excludes halogenated alkanes) is 1. The van der Waals surface area contributed by atoms with E-state index in [-0.39, 0.29) is 30.0 Å². The van der Waals surface area contributed by atoms with Crippen LogP contribution in [0, 0.1) is 21.4 Å². The third-order valence-corrected chi connectivity index (χ3v) is 5.02. The van der Waals surface area contributed by atoms with E-state index >= 15 is 0 Å². The van der Waals surface area contributed by atoms with Crippen molar-refractivity contribution in [2.24, 2.45) is 0 Å². The molecule has 0 saturated carbocycles. The van der Waals surface area contributed by atoms with Crippen molar-refractivity contribution >= 4 is 23.1 Å². The number of nitro groups is 1. The van der Waals surface area contributed by atoms with Crippen molar-refractivity contribution in [2.45, 2.75) is 24.9 Å². The van der Waals surface area contributed by atoms with E-state index in [1.807, 2.05) is 6.07 Å². The number of hydrogen-bond donors (Lipinski definition) is 1. The van der Waals surface area contributed by atoms with Gasteiger partial charge in [0.05, 0.1) is 30.2 Å². The fraction of sp³-hybridized carbons (Fsp3) is 0.286. The van der Waals surface area contributed by atoms with E-state index in [9.17, 15) is 24.8 Å². The average molecular weight is 409 g/mol. The molecule has 0 aliphatic carbocycles. The predicted octanol–water partition coefficient (Wildman–Crippen LogP) is 2.71. The summed E-state index contributed by atoms with van der Waals surface area (Å²) in [7, 11) is 1.28. The van der Waals surface area contributed by atoms with Gasteiger partial charge in [-0.25, -0.2) is 0 Å². The maximum absolute atomic E-state index is 13.0. The molecule has 1 N–H and O–H groups in total. The number of benzene rings is 2. The number of aliphatic hydroxyl groups is 1. The van der Waals surface area contributed by atoms with Crippen LogP contribution in [-0.4, -0.2) is 35.4 Å². The molecule has 0 radical (unpaired) electrons. The summed E-state index contributed by atoms with van der Waals surface area (Å²) >= 11 is 0. The minimum Gasteiger partial charge on any atom is -0.490 e. The molecule has 3 rings (SSSR count). The molecule has 1 heterocycles. The molecule has 154 valence electrons. The minimum absolute atomic E-state index is 0.00113. The lowest BCUT2D eigenvalue weighted by Gasteiger charge is -2.22. The van der Waals surface area contributed by atoms with Gasteiger partial charge in [-0.2, -0.15) is 5.26 Å². The largest absolute Gasteiger partial charge is 0.490 e. The maximum Gasteiger partial charge on any atom is 0.311 e. The lowest BCUT2D eigenvalue weighted by atomic mass is 9.88. The van der Waals surface area contributed by atoms with Crippen molar-refractivity contribution in [3.8, 4) is 11.8 Å². The summed E-state index contributed by atoms with van der Waals surface area (Å²) in [4.78, 5) is 37.8. The number of carbonyl (C=O) groups is 2. The minimum atomic E-state index is -2.09. The van der Waals surface area contributed by atoms with Crippen molar-refractivity contribution in [3.05, 3.63) is 63.7 Å². The fourth-order valence-electron chi connectivity index (χ4n) is 3.56. The summed E-state index contributed by atoms with van der Waals surface area (Å²) in [5, 5.41) is 31.2. The van der Waals surface area contributed by atoms with Gasteiger partial charge in [0.2, 0.25) is 0 Å². The summed E-state index contributed by atoms with van der Waals surface area (Å²) in [6, 6.07) is 12.3. The second kappa shape index (κ2) is 8.31. The molecule has 1 aliphatic rings. The molecule has 1 aliphatic heterocycles. The molecule has 0 unspecified atom stereocenters. The number of ether oxygens (including phenoxy) is 1. The number of nitrogens with zero attached hydrogens (tertiary/aromatic N) is 3. The highest BCUT2D eigenvalue weighted by Gasteiger charge is 2.50. The van der Waals surface area contributed by atoms with E-state index in [1.54, 1.807) is 24.3 Å². The monoisotopic (exact) mass is 409 g/mol. The van der Waals surface area contributed by atoms with Crippen molar-refractivity contribution in [1.29, 1.82) is 5.26 Å². The fourth-order valence-corrected chi connectivity index (χ4v) is 3.56. The van der Waals surface area contributed by atoms with Gasteiger partial charge in [-0.1, -0.05) is 18.2 Å². The number of hydrogen-bond acceptors (Lipinski definition) is 7. The number of fused-ring (bicyclic) bond motifs is 1. The van der Waals surface area contributed by atoms with Gasteiger partial charge in [0.1, 0.15) is 0 Å². The maximum atomic E-state index is 13.0. The third-order valence-electron chi connectivity index (χ3n) is 5.02. The number of anilines is 1. The molecule has 0 aromatic heterocycles. The number of Topliss-reactive ketones (excluding diaryl/α,β-unsaturated/α-hetero) is 1. The number of methoxy groups -OCH3 is 1. The highest BCUT2D eigenvalue weighted by Crippen LogP contribution is 2.43. The molecular weight excluding hydrogens is 390 g/mol. The highest BCUT2D eigenvalue weighted by atomic mass is 16.6. The van der Waals surface area contributed by atoms with Crippen LogP contribution in [0.1, 0.15) is 35.2 Å². The van der Waals surface area contributed by atoms with Crippen molar-refractivity contribution in [2.75, 3.05) is 18.6 Å². The molecule has 0 bridgehead atoms. The van der Waals surface area contributed by atoms with Crippen LogP contribution in [0.25, 0.3) is 0 Å². The quantitative estimate of drug-likeness (QED) is 0.307. The van der Waals surface area contributed by atoms with E-state index in [0.717, 1.165) is 6.07 Å². The van der Waals surface area contributed by atoms with Gasteiger partial charge in [-0.15, -0.1) is 0 Å². The Hall–Kier alpha value is -3.77. The Morgan fingerprint density at radius 2 is 2.07 bits per heavy atom. The average Bonchev–Trinajstić information content (AvgIpc) is 2.95. The molecule has 9 nitrogen and oxygen atoms in total. The van der Waals surface area contributed by atoms with Gasteiger partial charge in [-0.3, -0.25) is 19.7 Å². The molecule has 2 aromatic rings. The number of para-hydroxylation sites is 1. The first-order valence-corrected chi connectivity index (χ1v) is 9.20. The zero-order valence-electron chi connectivity index (χ0n) is 16.2. The Morgan fingerprint density at radius 1 is 1.33 bits per heavy atom. The molecule has 0 saturated heterocycles. The predicted molar refractivity (Wildman–Crippen MR) is 106 cm³/mol. The number of rotatable bonds is 8. The Kier molecular flexibility index (Phi) is 5.80. The Labute approximate surface area is 172 Å². The molecule has 30 heavy (non-hydrogen) atoms. The van der Waals surface area contributed by atoms with Gasteiger partial charge >= 0.3 is 5.69 Å². The van der Waals surface area contributed by atoms with Crippen LogP contribution in [0.4, 0.5) is 11.4 Å². The van der Waals surface area contributed by atoms with Gasteiger partial charge in [0.15, 0.2) is 17.1 Å². The highest BCUT2D eigenvalue weighted by molar-refractivity contribution is 6.10. The summed E-state index contributed by atoms with van der Waals surface area (Å²) in [6.45, 7) is 0.230. The van der Waals surface area contributed by atoms with E-state index in [2.05, 4.69) is 0 Å². The van der Waals surface area contributed by atoms with E-state index in [4.69, 9.17) is 10.00 Å². The first kappa shape index (κ1) is 21.0. The van der Waals surface area contributed by atoms with Gasteiger partial charge in [-0.05, 0) is 24.6 Å². The van der Waals surface area contributed by atoms with E-state index in [1.165, 1.54) is 24.1 Å². The third kappa shape index (κ3) is 3.60. The molecule has 1 amide bonds. The number of nitriles is 1. The van der Waals surface area contributed by atoms with Crippen LogP contribution in [0.3, 0.4) is 0 Å². The summed E-state index contributed by atoms with van der Waals surface area (Å²) in [5.41, 5.74) is -1.70. The SMILES string of the molecule is COc1ccc(C(=O)C[C@]2(O)C(=O)N(CCCC#N)c3ccccc32)cc1[N+](=O)[O-]. The summed E-state index contributed by atoms with van der Waals surface area (Å²) < 4.78 is 4.93. The standard InChI is InChI=1S/C21H19N3O6/c1-30-19-9-8-14(12-17(19)24(28)29)18(25)13-21(27)15-6-2-3-7-16(15)23(20(21)26)11-5-4-10-22/h2-3,6-9,12,27H,4-5,11,13H2,1H3/t21-/m1/s1. The number of nitro benzene ring substituents is 1. The van der Waals surface area contributed by atoms with E-state index in [0.29, 0.717) is 17.7 Å². The smallest absolute Gasteiger partial charge is 0.311 e. The lowest BCUT2D eigenvalue weighted by molar-refractivity contribution is -0.385. The van der Waals surface area contributed by atoms with Gasteiger partial charge < -0.3 is 14.7 Å². The molecule has 9 heteroatoms. The second-order valence-electron chi connectivity index (χ2n) is 6.84. The molecule has 0 spiro atoms. The lowest BCUT2D eigenvalue weighted by Crippen LogP contribution is -2.42. The zero-order chi connectivity index (χ0) is 21.9. The van der Waals surface area contributed by atoms with Gasteiger partial charge in [0.25, 0.3) is 5.91 Å². The number of carbonyl (C=O) groups excluding carboxylic acids is 2. The van der Waals surface area contributed by atoms with Gasteiger partial charge in [0, 0.05) is 30.2 Å². The van der Waals surface area contributed by atoms with Crippen LogP contribution >= 0.6 is 0 Å². The normalized spacial score (nSPS) is 17.4. The van der Waals surface area contributed by atoms with Crippen molar-refractivity contribution in [3.63, 3.8) is 0 Å². The Balaban J connectivity index is 1.93. The van der Waals surface area contributed by atoms with E-state index < -0.39 is 28.6 Å². The summed E-state index contributed by atoms with van der Waals surface area (Å²) in [6.07, 6.45) is 0.102.